The lowest BCUT2D eigenvalue weighted by molar-refractivity contribution is -0.267. The molecule has 0 aromatic rings. The number of nitrogens with one attached hydrogen (secondary N) is 1. The summed E-state index contributed by atoms with van der Waals surface area (Å²) in [5.74, 6) is -0.826. The predicted molar refractivity (Wildman–Crippen MR) is 66.6 cm³/mol. The number of aliphatic hydroxyl groups excluding tert-OH is 3. The molecule has 0 aromatic heterocycles. The minimum atomic E-state index is -1.34. The van der Waals surface area contributed by atoms with E-state index < -0.39 is 43.2 Å². The number of alkyl halides is 1. The quantitative estimate of drug-likeness (QED) is 0.345. The summed E-state index contributed by atoms with van der Waals surface area (Å²) >= 11 is 5.37. The monoisotopic (exact) mass is 295 g/mol. The molecule has 1 heterocycles. The average Bonchev–Trinajstić information content (AvgIpc) is 2.42. The van der Waals surface area contributed by atoms with Crippen LogP contribution < -0.4 is 5.32 Å². The van der Waals surface area contributed by atoms with Gasteiger partial charge in [0.25, 0.3) is 0 Å². The van der Waals surface area contributed by atoms with E-state index in [1.54, 1.807) is 0 Å². The van der Waals surface area contributed by atoms with Gasteiger partial charge in [0, 0.05) is 0 Å². The fraction of sp³-hybridized carbons (Fsp3) is 0.727. The first kappa shape index (κ1) is 16.4. The lowest BCUT2D eigenvalue weighted by atomic mass is 9.97. The van der Waals surface area contributed by atoms with Gasteiger partial charge in [0.1, 0.15) is 30.2 Å². The van der Waals surface area contributed by atoms with E-state index in [2.05, 4.69) is 11.9 Å². The van der Waals surface area contributed by atoms with Gasteiger partial charge < -0.3 is 30.1 Å². The molecule has 110 valence electrons. The average molecular weight is 296 g/mol. The maximum Gasteiger partial charge on any atom is 0.235 e. The van der Waals surface area contributed by atoms with Gasteiger partial charge in [-0.3, -0.25) is 4.79 Å². The molecule has 1 fully saturated rings. The first-order valence-corrected chi connectivity index (χ1v) is 6.28. The van der Waals surface area contributed by atoms with E-state index in [4.69, 9.17) is 26.2 Å². The minimum absolute atomic E-state index is 0.124. The Morgan fingerprint density at radius 3 is 2.68 bits per heavy atom. The molecule has 5 atom stereocenters. The topological polar surface area (TPSA) is 108 Å². The fourth-order valence-corrected chi connectivity index (χ4v) is 1.84. The lowest BCUT2D eigenvalue weighted by Crippen LogP contribution is -2.64. The van der Waals surface area contributed by atoms with Gasteiger partial charge in [0.2, 0.25) is 5.91 Å². The summed E-state index contributed by atoms with van der Waals surface area (Å²) in [5.41, 5.74) is 0. The van der Waals surface area contributed by atoms with Crippen molar-refractivity contribution in [2.24, 2.45) is 0 Å². The molecule has 0 bridgehead atoms. The Morgan fingerprint density at radius 2 is 2.16 bits per heavy atom. The zero-order valence-corrected chi connectivity index (χ0v) is 11.0. The van der Waals surface area contributed by atoms with Crippen molar-refractivity contribution in [3.05, 3.63) is 12.7 Å². The van der Waals surface area contributed by atoms with Crippen LogP contribution in [0.2, 0.25) is 0 Å². The van der Waals surface area contributed by atoms with Crippen LogP contribution in [0.15, 0.2) is 12.7 Å². The Kier molecular flexibility index (Phi) is 6.70. The van der Waals surface area contributed by atoms with Gasteiger partial charge in [-0.2, -0.15) is 0 Å². The Balaban J connectivity index is 2.79. The number of carbonyl (C=O) groups is 1. The second-order valence-corrected chi connectivity index (χ2v) is 4.32. The molecule has 0 unspecified atom stereocenters. The molecule has 4 N–H and O–H groups in total. The molecule has 1 aliphatic heterocycles. The number of hydrogen-bond donors (Lipinski definition) is 4. The zero-order valence-electron chi connectivity index (χ0n) is 10.2. The van der Waals surface area contributed by atoms with Crippen molar-refractivity contribution in [2.45, 2.75) is 30.6 Å². The number of amides is 1. The van der Waals surface area contributed by atoms with Crippen molar-refractivity contribution in [3.8, 4) is 0 Å². The van der Waals surface area contributed by atoms with Crippen LogP contribution in [0.25, 0.3) is 0 Å². The summed E-state index contributed by atoms with van der Waals surface area (Å²) in [7, 11) is 0. The number of ether oxygens (including phenoxy) is 2. The van der Waals surface area contributed by atoms with Gasteiger partial charge in [-0.25, -0.2) is 0 Å². The summed E-state index contributed by atoms with van der Waals surface area (Å²) in [5, 5.41) is 31.2. The van der Waals surface area contributed by atoms with Crippen molar-refractivity contribution in [1.82, 2.24) is 5.32 Å². The lowest BCUT2D eigenvalue weighted by Gasteiger charge is -2.42. The minimum Gasteiger partial charge on any atom is -0.394 e. The zero-order chi connectivity index (χ0) is 14.4. The smallest absolute Gasteiger partial charge is 0.235 e. The number of carbonyl (C=O) groups excluding carboxylic acids is 1. The van der Waals surface area contributed by atoms with Crippen molar-refractivity contribution in [1.29, 1.82) is 0 Å². The highest BCUT2D eigenvalue weighted by Crippen LogP contribution is 2.22. The number of rotatable bonds is 6. The molecular formula is C11H18ClNO6. The highest BCUT2D eigenvalue weighted by atomic mass is 35.5. The molecule has 0 saturated carbocycles. The summed E-state index contributed by atoms with van der Waals surface area (Å²) in [6.45, 7) is 3.11. The second kappa shape index (κ2) is 7.78. The summed E-state index contributed by atoms with van der Waals surface area (Å²) in [6, 6.07) is -0.982. The predicted octanol–water partition coefficient (Wildman–Crippen LogP) is -1.65. The highest BCUT2D eigenvalue weighted by Gasteiger charge is 2.45. The van der Waals surface area contributed by atoms with E-state index >= 15 is 0 Å². The Hall–Kier alpha value is -0.700. The number of hydrogen-bond acceptors (Lipinski definition) is 6. The Bertz CT molecular complexity index is 316. The van der Waals surface area contributed by atoms with Gasteiger partial charge in [0.05, 0.1) is 13.2 Å². The SMILES string of the molecule is C=CCO[C@@H]1O[C@H](CO)[C@@H](O)[C@H](O)[C@H]1NC(=O)CCl. The van der Waals surface area contributed by atoms with Gasteiger partial charge in [-0.15, -0.1) is 18.2 Å². The maximum atomic E-state index is 11.3. The number of aliphatic hydroxyl groups is 3. The van der Waals surface area contributed by atoms with E-state index in [-0.39, 0.29) is 12.5 Å². The van der Waals surface area contributed by atoms with E-state index in [1.807, 2.05) is 0 Å². The molecule has 8 heteroatoms. The van der Waals surface area contributed by atoms with Crippen LogP contribution in [0.3, 0.4) is 0 Å². The van der Waals surface area contributed by atoms with Gasteiger partial charge in [-0.1, -0.05) is 6.08 Å². The molecule has 19 heavy (non-hydrogen) atoms. The molecule has 1 rings (SSSR count). The molecule has 1 aliphatic rings. The Morgan fingerprint density at radius 1 is 1.47 bits per heavy atom. The molecule has 0 aliphatic carbocycles. The summed E-state index contributed by atoms with van der Waals surface area (Å²) in [4.78, 5) is 11.3. The molecule has 0 spiro atoms. The van der Waals surface area contributed by atoms with E-state index in [1.165, 1.54) is 6.08 Å². The summed E-state index contributed by atoms with van der Waals surface area (Å²) < 4.78 is 10.6. The van der Waals surface area contributed by atoms with Gasteiger partial charge >= 0.3 is 0 Å². The molecule has 0 radical (unpaired) electrons. The van der Waals surface area contributed by atoms with Crippen LogP contribution in [-0.4, -0.2) is 71.0 Å². The largest absolute Gasteiger partial charge is 0.394 e. The van der Waals surface area contributed by atoms with Crippen LogP contribution in [0, 0.1) is 0 Å². The summed E-state index contributed by atoms with van der Waals surface area (Å²) in [6.07, 6.45) is -3.22. The molecule has 1 saturated heterocycles. The van der Waals surface area contributed by atoms with Crippen LogP contribution in [0.5, 0.6) is 0 Å². The first-order chi connectivity index (χ1) is 9.04. The van der Waals surface area contributed by atoms with Crippen molar-refractivity contribution in [3.63, 3.8) is 0 Å². The third-order valence-electron chi connectivity index (χ3n) is 2.71. The third-order valence-corrected chi connectivity index (χ3v) is 2.95. The van der Waals surface area contributed by atoms with Crippen LogP contribution in [-0.2, 0) is 14.3 Å². The van der Waals surface area contributed by atoms with E-state index in [0.29, 0.717) is 0 Å². The van der Waals surface area contributed by atoms with Crippen molar-refractivity contribution >= 4 is 17.5 Å². The van der Waals surface area contributed by atoms with Crippen molar-refractivity contribution < 1.29 is 29.6 Å². The van der Waals surface area contributed by atoms with Gasteiger partial charge in [0.15, 0.2) is 6.29 Å². The van der Waals surface area contributed by atoms with Crippen LogP contribution in [0.4, 0.5) is 0 Å². The molecule has 1 amide bonds. The second-order valence-electron chi connectivity index (χ2n) is 4.06. The maximum absolute atomic E-state index is 11.3. The Labute approximate surface area is 115 Å². The normalized spacial score (nSPS) is 34.8. The number of halogens is 1. The standard InChI is InChI=1S/C11H18ClNO6/c1-2-3-18-11-8(13-7(15)4-12)10(17)9(16)6(5-14)19-11/h2,6,8-11,14,16-17H,1,3-5H2,(H,13,15)/t6-,8-,9-,10-,11-/m1/s1. The molecule has 7 nitrogen and oxygen atoms in total. The van der Waals surface area contributed by atoms with E-state index in [9.17, 15) is 15.0 Å². The van der Waals surface area contributed by atoms with Gasteiger partial charge in [-0.05, 0) is 0 Å². The highest BCUT2D eigenvalue weighted by molar-refractivity contribution is 6.27. The van der Waals surface area contributed by atoms with Crippen LogP contribution >= 0.6 is 11.6 Å². The molecular weight excluding hydrogens is 278 g/mol. The fourth-order valence-electron chi connectivity index (χ4n) is 1.77. The first-order valence-electron chi connectivity index (χ1n) is 5.75. The van der Waals surface area contributed by atoms with Crippen LogP contribution in [0.1, 0.15) is 0 Å². The molecule has 0 aromatic carbocycles. The van der Waals surface area contributed by atoms with Crippen molar-refractivity contribution in [2.75, 3.05) is 19.1 Å². The third kappa shape index (κ3) is 4.13. The van der Waals surface area contributed by atoms with E-state index in [0.717, 1.165) is 0 Å².